The molecule has 1 amide bonds. The van der Waals surface area contributed by atoms with Crippen molar-refractivity contribution in [2.75, 3.05) is 12.0 Å². The second kappa shape index (κ2) is 7.72. The highest BCUT2D eigenvalue weighted by Gasteiger charge is 2.42. The normalized spacial score (nSPS) is 16.4. The number of benzene rings is 3. The van der Waals surface area contributed by atoms with E-state index in [9.17, 15) is 14.3 Å². The van der Waals surface area contributed by atoms with Crippen molar-refractivity contribution in [1.29, 1.82) is 0 Å². The second-order valence-corrected chi connectivity index (χ2v) is 7.42. The quantitative estimate of drug-likeness (QED) is 0.554. The van der Waals surface area contributed by atoms with Crippen molar-refractivity contribution in [3.05, 3.63) is 100.0 Å². The van der Waals surface area contributed by atoms with Crippen LogP contribution in [0.25, 0.3) is 5.57 Å². The highest BCUT2D eigenvalue weighted by atomic mass is 79.9. The number of anilines is 1. The lowest BCUT2D eigenvalue weighted by atomic mass is 9.93. The maximum absolute atomic E-state index is 13.5. The van der Waals surface area contributed by atoms with Gasteiger partial charge in [0, 0.05) is 15.7 Å². The number of aliphatic hydroxyl groups excluding tert-OH is 1. The Bertz CT molecular complexity index is 1090. The van der Waals surface area contributed by atoms with Gasteiger partial charge in [-0.25, -0.2) is 4.39 Å². The van der Waals surface area contributed by atoms with Crippen LogP contribution in [-0.4, -0.2) is 18.1 Å². The fourth-order valence-electron chi connectivity index (χ4n) is 3.53. The fraction of sp³-hybridized carbons (Fsp3) is 0.0870. The van der Waals surface area contributed by atoms with Gasteiger partial charge in [0.25, 0.3) is 5.91 Å². The predicted octanol–water partition coefficient (Wildman–Crippen LogP) is 5.65. The number of carbonyl (C=O) groups is 1. The van der Waals surface area contributed by atoms with E-state index in [0.29, 0.717) is 22.6 Å². The van der Waals surface area contributed by atoms with E-state index in [1.165, 1.54) is 29.2 Å². The molecule has 0 spiro atoms. The molecule has 0 saturated heterocycles. The minimum absolute atomic E-state index is 0.333. The number of amides is 1. The van der Waals surface area contributed by atoms with Gasteiger partial charge in [0.05, 0.1) is 13.2 Å². The van der Waals surface area contributed by atoms with Crippen molar-refractivity contribution in [2.45, 2.75) is 6.04 Å². The Kier molecular flexibility index (Phi) is 5.11. The van der Waals surface area contributed by atoms with Crippen LogP contribution in [0.3, 0.4) is 0 Å². The summed E-state index contributed by atoms with van der Waals surface area (Å²) in [5.74, 6) is -0.597. The zero-order chi connectivity index (χ0) is 20.5. The Labute approximate surface area is 176 Å². The number of ether oxygens (including phenoxy) is 1. The minimum atomic E-state index is -0.586. The monoisotopic (exact) mass is 453 g/mol. The largest absolute Gasteiger partial charge is 0.503 e. The lowest BCUT2D eigenvalue weighted by Crippen LogP contribution is -2.30. The Hall–Kier alpha value is -3.12. The molecule has 1 N–H and O–H groups in total. The van der Waals surface area contributed by atoms with E-state index in [4.69, 9.17) is 4.74 Å². The molecule has 4 nitrogen and oxygen atoms in total. The molecule has 6 heteroatoms. The van der Waals surface area contributed by atoms with Gasteiger partial charge in [0.2, 0.25) is 0 Å². The Balaban J connectivity index is 1.91. The first kappa shape index (κ1) is 19.2. The van der Waals surface area contributed by atoms with Crippen LogP contribution in [0.5, 0.6) is 5.75 Å². The lowest BCUT2D eigenvalue weighted by molar-refractivity contribution is -0.117. The molecule has 0 bridgehead atoms. The van der Waals surface area contributed by atoms with Gasteiger partial charge in [0.15, 0.2) is 5.76 Å². The van der Waals surface area contributed by atoms with Crippen LogP contribution in [0, 0.1) is 5.82 Å². The Morgan fingerprint density at radius 3 is 2.28 bits per heavy atom. The highest BCUT2D eigenvalue weighted by molar-refractivity contribution is 9.10. The zero-order valence-electron chi connectivity index (χ0n) is 15.5. The zero-order valence-corrected chi connectivity index (χ0v) is 17.1. The van der Waals surface area contributed by atoms with Crippen LogP contribution in [-0.2, 0) is 4.79 Å². The van der Waals surface area contributed by atoms with E-state index in [-0.39, 0.29) is 5.76 Å². The molecule has 0 radical (unpaired) electrons. The van der Waals surface area contributed by atoms with Gasteiger partial charge < -0.3 is 9.84 Å². The van der Waals surface area contributed by atoms with Crippen LogP contribution < -0.4 is 9.64 Å². The number of aliphatic hydroxyl groups is 1. The number of hydrogen-bond donors (Lipinski definition) is 1. The summed E-state index contributed by atoms with van der Waals surface area (Å²) in [7, 11) is 1.57. The van der Waals surface area contributed by atoms with Gasteiger partial charge in [-0.05, 0) is 53.6 Å². The van der Waals surface area contributed by atoms with E-state index < -0.39 is 17.8 Å². The first-order valence-corrected chi connectivity index (χ1v) is 9.71. The minimum Gasteiger partial charge on any atom is -0.503 e. The van der Waals surface area contributed by atoms with Crippen molar-refractivity contribution < 1.29 is 19.0 Å². The van der Waals surface area contributed by atoms with E-state index >= 15 is 0 Å². The smallest absolute Gasteiger partial charge is 0.294 e. The number of methoxy groups -OCH3 is 1. The first-order chi connectivity index (χ1) is 14.0. The molecule has 0 aromatic heterocycles. The van der Waals surface area contributed by atoms with Crippen LogP contribution in [0.2, 0.25) is 0 Å². The molecule has 1 atom stereocenters. The molecule has 29 heavy (non-hydrogen) atoms. The number of hydrogen-bond acceptors (Lipinski definition) is 3. The first-order valence-electron chi connectivity index (χ1n) is 8.92. The van der Waals surface area contributed by atoms with E-state index in [1.54, 1.807) is 31.4 Å². The third kappa shape index (κ3) is 3.40. The molecule has 4 rings (SSSR count). The van der Waals surface area contributed by atoms with Gasteiger partial charge in [-0.2, -0.15) is 0 Å². The Morgan fingerprint density at radius 1 is 1.00 bits per heavy atom. The van der Waals surface area contributed by atoms with Crippen LogP contribution in [0.1, 0.15) is 17.2 Å². The maximum Gasteiger partial charge on any atom is 0.294 e. The molecule has 3 aromatic carbocycles. The predicted molar refractivity (Wildman–Crippen MR) is 113 cm³/mol. The van der Waals surface area contributed by atoms with E-state index in [1.807, 2.05) is 24.3 Å². The topological polar surface area (TPSA) is 49.8 Å². The van der Waals surface area contributed by atoms with Crippen molar-refractivity contribution in [1.82, 2.24) is 0 Å². The van der Waals surface area contributed by atoms with Crippen molar-refractivity contribution in [3.63, 3.8) is 0 Å². The molecular formula is C23H17BrFNO3. The maximum atomic E-state index is 13.5. The van der Waals surface area contributed by atoms with Crippen LogP contribution >= 0.6 is 15.9 Å². The summed E-state index contributed by atoms with van der Waals surface area (Å²) in [5, 5.41) is 10.8. The van der Waals surface area contributed by atoms with Gasteiger partial charge >= 0.3 is 0 Å². The standard InChI is InChI=1S/C23H17BrFNO3/c1-29-17-12-6-14(7-13-17)20-21(18-4-2-3-5-19(18)24)26(23(28)22(20)27)16-10-8-15(25)9-11-16/h2-13,21,27H,1H3/t21-/m1/s1. The van der Waals surface area contributed by atoms with Crippen molar-refractivity contribution in [3.8, 4) is 5.75 Å². The summed E-state index contributed by atoms with van der Waals surface area (Å²) in [4.78, 5) is 14.6. The van der Waals surface area contributed by atoms with Gasteiger partial charge in [0.1, 0.15) is 11.6 Å². The number of carbonyl (C=O) groups excluding carboxylic acids is 1. The number of rotatable bonds is 4. The van der Waals surface area contributed by atoms with Gasteiger partial charge in [-0.15, -0.1) is 0 Å². The van der Waals surface area contributed by atoms with Crippen LogP contribution in [0.15, 0.2) is 83.0 Å². The molecule has 3 aromatic rings. The SMILES string of the molecule is COc1ccc(C2=C(O)C(=O)N(c3ccc(F)cc3)[C@@H]2c2ccccc2Br)cc1. The van der Waals surface area contributed by atoms with E-state index in [0.717, 1.165) is 10.0 Å². The molecule has 0 unspecified atom stereocenters. The van der Waals surface area contributed by atoms with Gasteiger partial charge in [-0.1, -0.05) is 46.3 Å². The van der Waals surface area contributed by atoms with Crippen LogP contribution in [0.4, 0.5) is 10.1 Å². The molecule has 0 aliphatic carbocycles. The summed E-state index contributed by atoms with van der Waals surface area (Å²) in [5.41, 5.74) is 2.48. The Morgan fingerprint density at radius 2 is 1.66 bits per heavy atom. The highest BCUT2D eigenvalue weighted by Crippen LogP contribution is 2.47. The molecule has 0 fully saturated rings. The van der Waals surface area contributed by atoms with E-state index in [2.05, 4.69) is 15.9 Å². The number of halogens is 2. The van der Waals surface area contributed by atoms with Crippen molar-refractivity contribution >= 4 is 33.1 Å². The third-order valence-electron chi connectivity index (χ3n) is 4.91. The number of nitrogens with zero attached hydrogens (tertiary/aromatic N) is 1. The molecule has 1 aliphatic rings. The third-order valence-corrected chi connectivity index (χ3v) is 5.64. The summed E-state index contributed by atoms with van der Waals surface area (Å²) in [6.45, 7) is 0. The van der Waals surface area contributed by atoms with Gasteiger partial charge in [-0.3, -0.25) is 9.69 Å². The average Bonchev–Trinajstić information content (AvgIpc) is 3.00. The molecule has 146 valence electrons. The summed E-state index contributed by atoms with van der Waals surface area (Å²) >= 11 is 3.56. The summed E-state index contributed by atoms with van der Waals surface area (Å²) in [6.07, 6.45) is 0. The summed E-state index contributed by atoms with van der Waals surface area (Å²) < 4.78 is 19.5. The molecule has 1 heterocycles. The average molecular weight is 454 g/mol. The lowest BCUT2D eigenvalue weighted by Gasteiger charge is -2.28. The molecule has 0 saturated carbocycles. The molecular weight excluding hydrogens is 437 g/mol. The molecule has 1 aliphatic heterocycles. The summed E-state index contributed by atoms with van der Waals surface area (Å²) in [6, 6.07) is 19.7. The second-order valence-electron chi connectivity index (χ2n) is 6.57. The van der Waals surface area contributed by atoms with Crippen molar-refractivity contribution in [2.24, 2.45) is 0 Å². The fourth-order valence-corrected chi connectivity index (χ4v) is 4.03.